The standard InChI is InChI=1S/C15H11FN6/c1-9-6-7-10(8-11(9)16)17-14-15-19-20-21-22(15)13-5-3-2-4-12(13)18-14/h2-8H,1H3,(H,17,18). The quantitative estimate of drug-likeness (QED) is 0.615. The molecule has 0 amide bonds. The average molecular weight is 294 g/mol. The number of nitrogens with one attached hydrogen (secondary N) is 1. The fourth-order valence-electron chi connectivity index (χ4n) is 2.30. The molecule has 0 bridgehead atoms. The maximum absolute atomic E-state index is 13.7. The number of halogens is 1. The fraction of sp³-hybridized carbons (Fsp3) is 0.0667. The van der Waals surface area contributed by atoms with Crippen LogP contribution in [-0.4, -0.2) is 25.0 Å². The van der Waals surface area contributed by atoms with Gasteiger partial charge in [-0.2, -0.15) is 4.52 Å². The van der Waals surface area contributed by atoms with Crippen molar-refractivity contribution < 1.29 is 4.39 Å². The molecule has 2 heterocycles. The third-order valence-corrected chi connectivity index (χ3v) is 3.46. The van der Waals surface area contributed by atoms with E-state index in [0.29, 0.717) is 22.7 Å². The minimum atomic E-state index is -0.276. The highest BCUT2D eigenvalue weighted by atomic mass is 19.1. The molecule has 0 aliphatic heterocycles. The first kappa shape index (κ1) is 12.6. The monoisotopic (exact) mass is 294 g/mol. The Balaban J connectivity index is 1.89. The second kappa shape index (κ2) is 4.73. The maximum Gasteiger partial charge on any atom is 0.222 e. The van der Waals surface area contributed by atoms with Gasteiger partial charge in [0.2, 0.25) is 5.65 Å². The van der Waals surface area contributed by atoms with Crippen molar-refractivity contribution in [1.29, 1.82) is 0 Å². The number of fused-ring (bicyclic) bond motifs is 3. The summed E-state index contributed by atoms with van der Waals surface area (Å²) in [6, 6.07) is 12.5. The molecule has 1 N–H and O–H groups in total. The van der Waals surface area contributed by atoms with Gasteiger partial charge in [0.15, 0.2) is 5.82 Å². The number of para-hydroxylation sites is 2. The molecule has 0 saturated heterocycles. The van der Waals surface area contributed by atoms with Gasteiger partial charge < -0.3 is 5.32 Å². The zero-order chi connectivity index (χ0) is 15.1. The van der Waals surface area contributed by atoms with Crippen molar-refractivity contribution in [2.45, 2.75) is 6.92 Å². The Hall–Kier alpha value is -3.09. The van der Waals surface area contributed by atoms with Crippen LogP contribution in [0.3, 0.4) is 0 Å². The normalized spacial score (nSPS) is 11.2. The van der Waals surface area contributed by atoms with Gasteiger partial charge in [0.1, 0.15) is 5.82 Å². The molecule has 6 nitrogen and oxygen atoms in total. The minimum Gasteiger partial charge on any atom is -0.337 e. The Morgan fingerprint density at radius 3 is 2.86 bits per heavy atom. The average Bonchev–Trinajstić information content (AvgIpc) is 3.01. The number of aromatic nitrogens is 5. The molecule has 2 aromatic carbocycles. The van der Waals surface area contributed by atoms with Crippen molar-refractivity contribution in [3.8, 4) is 0 Å². The molecule has 0 saturated carbocycles. The van der Waals surface area contributed by atoms with Crippen LogP contribution in [-0.2, 0) is 0 Å². The van der Waals surface area contributed by atoms with Crippen LogP contribution in [0.5, 0.6) is 0 Å². The number of hydrogen-bond acceptors (Lipinski definition) is 5. The Bertz CT molecular complexity index is 994. The van der Waals surface area contributed by atoms with E-state index < -0.39 is 0 Å². The summed E-state index contributed by atoms with van der Waals surface area (Å²) in [5.41, 5.74) is 3.22. The molecule has 7 heteroatoms. The van der Waals surface area contributed by atoms with Crippen molar-refractivity contribution in [3.05, 3.63) is 53.8 Å². The van der Waals surface area contributed by atoms with Crippen molar-refractivity contribution in [1.82, 2.24) is 25.0 Å². The van der Waals surface area contributed by atoms with Crippen LogP contribution in [0.15, 0.2) is 42.5 Å². The summed E-state index contributed by atoms with van der Waals surface area (Å²) in [7, 11) is 0. The SMILES string of the molecule is Cc1ccc(Nc2nc3ccccc3n3nnnc23)cc1F. The Labute approximate surface area is 124 Å². The highest BCUT2D eigenvalue weighted by Crippen LogP contribution is 2.23. The van der Waals surface area contributed by atoms with Crippen molar-refractivity contribution in [2.24, 2.45) is 0 Å². The van der Waals surface area contributed by atoms with Crippen molar-refractivity contribution >= 4 is 28.2 Å². The molecule has 0 unspecified atom stereocenters. The second-order valence-corrected chi connectivity index (χ2v) is 4.95. The smallest absolute Gasteiger partial charge is 0.222 e. The predicted molar refractivity (Wildman–Crippen MR) is 80.5 cm³/mol. The molecule has 0 atom stereocenters. The minimum absolute atomic E-state index is 0.276. The molecule has 22 heavy (non-hydrogen) atoms. The first-order chi connectivity index (χ1) is 10.7. The van der Waals surface area contributed by atoms with Crippen molar-refractivity contribution in [2.75, 3.05) is 5.32 Å². The highest BCUT2D eigenvalue weighted by Gasteiger charge is 2.11. The van der Waals surface area contributed by atoms with E-state index in [0.717, 1.165) is 11.0 Å². The summed E-state index contributed by atoms with van der Waals surface area (Å²) < 4.78 is 15.3. The van der Waals surface area contributed by atoms with Gasteiger partial charge in [-0.3, -0.25) is 0 Å². The number of nitrogens with zero attached hydrogens (tertiary/aromatic N) is 5. The van der Waals surface area contributed by atoms with Gasteiger partial charge in [0.25, 0.3) is 0 Å². The molecule has 2 aromatic heterocycles. The number of anilines is 2. The van der Waals surface area contributed by atoms with E-state index in [1.807, 2.05) is 24.3 Å². The van der Waals surface area contributed by atoms with Gasteiger partial charge in [-0.1, -0.05) is 18.2 Å². The predicted octanol–water partition coefficient (Wildman–Crippen LogP) is 2.86. The van der Waals surface area contributed by atoms with Crippen LogP contribution in [0.4, 0.5) is 15.9 Å². The van der Waals surface area contributed by atoms with Crippen LogP contribution in [0.1, 0.15) is 5.56 Å². The number of aryl methyl sites for hydroxylation is 1. The van der Waals surface area contributed by atoms with E-state index in [9.17, 15) is 4.39 Å². The molecule has 0 aliphatic rings. The Kier molecular flexibility index (Phi) is 2.72. The van der Waals surface area contributed by atoms with E-state index in [4.69, 9.17) is 0 Å². The zero-order valence-electron chi connectivity index (χ0n) is 11.7. The summed E-state index contributed by atoms with van der Waals surface area (Å²) >= 11 is 0. The van der Waals surface area contributed by atoms with E-state index in [-0.39, 0.29) is 5.82 Å². The molecule has 0 radical (unpaired) electrons. The van der Waals surface area contributed by atoms with E-state index in [2.05, 4.69) is 25.8 Å². The molecular formula is C15H11FN6. The number of tetrazole rings is 1. The summed E-state index contributed by atoms with van der Waals surface area (Å²) in [6.45, 7) is 1.72. The van der Waals surface area contributed by atoms with E-state index >= 15 is 0 Å². The van der Waals surface area contributed by atoms with Crippen LogP contribution in [0, 0.1) is 12.7 Å². The van der Waals surface area contributed by atoms with Crippen LogP contribution in [0.2, 0.25) is 0 Å². The first-order valence-electron chi connectivity index (χ1n) is 6.72. The van der Waals surface area contributed by atoms with Gasteiger partial charge in [-0.15, -0.1) is 5.10 Å². The van der Waals surface area contributed by atoms with Crippen LogP contribution >= 0.6 is 0 Å². The zero-order valence-corrected chi connectivity index (χ0v) is 11.7. The lowest BCUT2D eigenvalue weighted by Gasteiger charge is -2.08. The molecule has 4 rings (SSSR count). The molecule has 0 fully saturated rings. The third-order valence-electron chi connectivity index (χ3n) is 3.46. The van der Waals surface area contributed by atoms with Crippen LogP contribution in [0.25, 0.3) is 16.7 Å². The largest absolute Gasteiger partial charge is 0.337 e. The van der Waals surface area contributed by atoms with Crippen molar-refractivity contribution in [3.63, 3.8) is 0 Å². The summed E-state index contributed by atoms with van der Waals surface area (Å²) in [5, 5.41) is 14.7. The lowest BCUT2D eigenvalue weighted by Crippen LogP contribution is -2.01. The van der Waals surface area contributed by atoms with Gasteiger partial charge in [0, 0.05) is 5.69 Å². The molecule has 108 valence electrons. The number of rotatable bonds is 2. The molecule has 0 aliphatic carbocycles. The van der Waals surface area contributed by atoms with Gasteiger partial charge in [-0.05, 0) is 47.2 Å². The summed E-state index contributed by atoms with van der Waals surface area (Å²) in [4.78, 5) is 4.53. The number of benzene rings is 2. The number of hydrogen-bond donors (Lipinski definition) is 1. The van der Waals surface area contributed by atoms with Gasteiger partial charge >= 0.3 is 0 Å². The maximum atomic E-state index is 13.7. The summed E-state index contributed by atoms with van der Waals surface area (Å²) in [6.07, 6.45) is 0. The highest BCUT2D eigenvalue weighted by molar-refractivity contribution is 5.83. The summed E-state index contributed by atoms with van der Waals surface area (Å²) in [5.74, 6) is 0.202. The van der Waals surface area contributed by atoms with E-state index in [1.165, 1.54) is 6.07 Å². The topological polar surface area (TPSA) is 68.0 Å². The third kappa shape index (κ3) is 1.95. The Morgan fingerprint density at radius 2 is 2.00 bits per heavy atom. The molecule has 0 spiro atoms. The van der Waals surface area contributed by atoms with Crippen LogP contribution < -0.4 is 5.32 Å². The second-order valence-electron chi connectivity index (χ2n) is 4.95. The van der Waals surface area contributed by atoms with Gasteiger partial charge in [-0.25, -0.2) is 9.37 Å². The first-order valence-corrected chi connectivity index (χ1v) is 6.72. The van der Waals surface area contributed by atoms with E-state index in [1.54, 1.807) is 23.6 Å². The molecule has 4 aromatic rings. The molecular weight excluding hydrogens is 283 g/mol. The lowest BCUT2D eigenvalue weighted by molar-refractivity contribution is 0.619. The fourth-order valence-corrected chi connectivity index (χ4v) is 2.30. The Morgan fingerprint density at radius 1 is 1.14 bits per heavy atom. The lowest BCUT2D eigenvalue weighted by atomic mass is 10.2. The van der Waals surface area contributed by atoms with Gasteiger partial charge in [0.05, 0.1) is 11.0 Å².